The molecule has 0 radical (unpaired) electrons. The van der Waals surface area contributed by atoms with Crippen LogP contribution in [-0.4, -0.2) is 31.2 Å². The highest BCUT2D eigenvalue weighted by Crippen LogP contribution is 2.38. The second-order valence-corrected chi connectivity index (χ2v) is 5.56. The molecule has 2 aliphatic heterocycles. The lowest BCUT2D eigenvalue weighted by molar-refractivity contribution is 0.0601. The minimum atomic E-state index is -0.282. The maximum absolute atomic E-state index is 11.4. The smallest absolute Gasteiger partial charge is 0.337 e. The molecule has 0 amide bonds. The van der Waals surface area contributed by atoms with Gasteiger partial charge in [0.25, 0.3) is 0 Å². The number of ether oxygens (including phenoxy) is 1. The molecule has 2 N–H and O–H groups in total. The number of rotatable bonds is 2. The van der Waals surface area contributed by atoms with Gasteiger partial charge in [0.1, 0.15) is 0 Å². The standard InChI is InChI=1S/C15H20N2O2/c1-19-15(18)10-2-4-12(5-3-10)17-13-6-7-14(17)9-11(16)8-13/h2-5,11,13-14H,6-9,16H2,1H3. The van der Waals surface area contributed by atoms with Crippen molar-refractivity contribution in [1.29, 1.82) is 0 Å². The first-order valence-corrected chi connectivity index (χ1v) is 6.91. The lowest BCUT2D eigenvalue weighted by Crippen LogP contribution is -2.47. The number of esters is 1. The molecule has 102 valence electrons. The number of hydrogen-bond donors (Lipinski definition) is 1. The summed E-state index contributed by atoms with van der Waals surface area (Å²) >= 11 is 0. The Morgan fingerprint density at radius 1 is 1.21 bits per heavy atom. The minimum Gasteiger partial charge on any atom is -0.465 e. The number of piperidine rings is 1. The number of methoxy groups -OCH3 is 1. The monoisotopic (exact) mass is 260 g/mol. The van der Waals surface area contributed by atoms with Gasteiger partial charge in [-0.3, -0.25) is 0 Å². The number of nitrogens with zero attached hydrogens (tertiary/aromatic N) is 1. The highest BCUT2D eigenvalue weighted by atomic mass is 16.5. The Morgan fingerprint density at radius 3 is 2.32 bits per heavy atom. The Kier molecular flexibility index (Phi) is 3.19. The van der Waals surface area contributed by atoms with Crippen LogP contribution < -0.4 is 10.6 Å². The molecule has 2 heterocycles. The molecule has 2 saturated heterocycles. The van der Waals surface area contributed by atoms with Crippen molar-refractivity contribution in [3.63, 3.8) is 0 Å². The van der Waals surface area contributed by atoms with Crippen molar-refractivity contribution in [2.24, 2.45) is 5.73 Å². The molecular formula is C15H20N2O2. The van der Waals surface area contributed by atoms with Gasteiger partial charge < -0.3 is 15.4 Å². The lowest BCUT2D eigenvalue weighted by atomic mass is 9.97. The van der Waals surface area contributed by atoms with Crippen molar-refractivity contribution in [2.45, 2.75) is 43.8 Å². The summed E-state index contributed by atoms with van der Waals surface area (Å²) in [6.07, 6.45) is 4.62. The molecule has 0 spiro atoms. The van der Waals surface area contributed by atoms with Gasteiger partial charge in [0.05, 0.1) is 12.7 Å². The topological polar surface area (TPSA) is 55.6 Å². The largest absolute Gasteiger partial charge is 0.465 e. The molecule has 2 atom stereocenters. The van der Waals surface area contributed by atoms with E-state index in [-0.39, 0.29) is 5.97 Å². The van der Waals surface area contributed by atoms with Crippen LogP contribution in [0.3, 0.4) is 0 Å². The third-order valence-electron chi connectivity index (χ3n) is 4.36. The third-order valence-corrected chi connectivity index (χ3v) is 4.36. The number of carbonyl (C=O) groups is 1. The molecule has 0 aliphatic carbocycles. The van der Waals surface area contributed by atoms with E-state index in [4.69, 9.17) is 10.5 Å². The summed E-state index contributed by atoms with van der Waals surface area (Å²) in [7, 11) is 1.41. The molecule has 1 aromatic carbocycles. The van der Waals surface area contributed by atoms with Crippen LogP contribution in [0.2, 0.25) is 0 Å². The maximum atomic E-state index is 11.4. The zero-order valence-corrected chi connectivity index (χ0v) is 11.2. The Hall–Kier alpha value is -1.55. The van der Waals surface area contributed by atoms with E-state index >= 15 is 0 Å². The van der Waals surface area contributed by atoms with Gasteiger partial charge >= 0.3 is 5.97 Å². The first-order valence-electron chi connectivity index (χ1n) is 6.91. The average Bonchev–Trinajstić information content (AvgIpc) is 2.70. The number of benzene rings is 1. The second-order valence-electron chi connectivity index (χ2n) is 5.56. The van der Waals surface area contributed by atoms with Crippen LogP contribution >= 0.6 is 0 Å². The minimum absolute atomic E-state index is 0.282. The molecule has 2 unspecified atom stereocenters. The fraction of sp³-hybridized carbons (Fsp3) is 0.533. The quantitative estimate of drug-likeness (QED) is 0.826. The number of fused-ring (bicyclic) bond motifs is 2. The third kappa shape index (κ3) is 2.21. The first-order chi connectivity index (χ1) is 9.19. The van der Waals surface area contributed by atoms with Gasteiger partial charge in [0.15, 0.2) is 0 Å². The van der Waals surface area contributed by atoms with E-state index < -0.39 is 0 Å². The zero-order valence-electron chi connectivity index (χ0n) is 11.2. The second kappa shape index (κ2) is 4.85. The molecule has 2 bridgehead atoms. The van der Waals surface area contributed by atoms with Gasteiger partial charge in [-0.05, 0) is 49.9 Å². The summed E-state index contributed by atoms with van der Waals surface area (Å²) in [4.78, 5) is 13.9. The predicted octanol–water partition coefficient (Wildman–Crippen LogP) is 1.93. The average molecular weight is 260 g/mol. The highest BCUT2D eigenvalue weighted by molar-refractivity contribution is 5.89. The summed E-state index contributed by atoms with van der Waals surface area (Å²) in [6, 6.07) is 9.21. The summed E-state index contributed by atoms with van der Waals surface area (Å²) < 4.78 is 4.72. The molecule has 0 saturated carbocycles. The van der Waals surface area contributed by atoms with Crippen molar-refractivity contribution in [3.05, 3.63) is 29.8 Å². The number of hydrogen-bond acceptors (Lipinski definition) is 4. The molecule has 4 heteroatoms. The van der Waals surface area contributed by atoms with Crippen molar-refractivity contribution in [2.75, 3.05) is 12.0 Å². The van der Waals surface area contributed by atoms with Crippen LogP contribution in [-0.2, 0) is 4.74 Å². The highest BCUT2D eigenvalue weighted by Gasteiger charge is 2.39. The van der Waals surface area contributed by atoms with Gasteiger partial charge in [-0.25, -0.2) is 4.79 Å². The van der Waals surface area contributed by atoms with Crippen LogP contribution in [0.4, 0.5) is 5.69 Å². The zero-order chi connectivity index (χ0) is 13.4. The van der Waals surface area contributed by atoms with Crippen LogP contribution in [0, 0.1) is 0 Å². The summed E-state index contributed by atoms with van der Waals surface area (Å²) in [6.45, 7) is 0. The summed E-state index contributed by atoms with van der Waals surface area (Å²) in [5.41, 5.74) is 7.89. The van der Waals surface area contributed by atoms with Gasteiger partial charge in [-0.15, -0.1) is 0 Å². The SMILES string of the molecule is COC(=O)c1ccc(N2C3CCC2CC(N)C3)cc1. The Morgan fingerprint density at radius 2 is 1.79 bits per heavy atom. The number of anilines is 1. The van der Waals surface area contributed by atoms with E-state index in [2.05, 4.69) is 4.90 Å². The maximum Gasteiger partial charge on any atom is 0.337 e. The lowest BCUT2D eigenvalue weighted by Gasteiger charge is -2.39. The predicted molar refractivity (Wildman–Crippen MR) is 74.3 cm³/mol. The van der Waals surface area contributed by atoms with Crippen molar-refractivity contribution in [1.82, 2.24) is 0 Å². The fourth-order valence-electron chi connectivity index (χ4n) is 3.53. The Bertz CT molecular complexity index is 458. The number of nitrogens with two attached hydrogens (primary N) is 1. The van der Waals surface area contributed by atoms with E-state index in [9.17, 15) is 4.79 Å². The van der Waals surface area contributed by atoms with E-state index in [0.717, 1.165) is 12.8 Å². The Labute approximate surface area is 113 Å². The van der Waals surface area contributed by atoms with Gasteiger partial charge in [-0.2, -0.15) is 0 Å². The summed E-state index contributed by atoms with van der Waals surface area (Å²) in [5.74, 6) is -0.282. The molecule has 2 aliphatic rings. The van der Waals surface area contributed by atoms with Crippen molar-refractivity contribution < 1.29 is 9.53 Å². The van der Waals surface area contributed by atoms with Crippen LogP contribution in [0.25, 0.3) is 0 Å². The van der Waals surface area contributed by atoms with Gasteiger partial charge in [0.2, 0.25) is 0 Å². The molecular weight excluding hydrogens is 240 g/mol. The Balaban J connectivity index is 1.81. The molecule has 19 heavy (non-hydrogen) atoms. The van der Waals surface area contributed by atoms with Crippen molar-refractivity contribution >= 4 is 11.7 Å². The molecule has 1 aromatic rings. The molecule has 4 nitrogen and oxygen atoms in total. The van der Waals surface area contributed by atoms with Crippen molar-refractivity contribution in [3.8, 4) is 0 Å². The number of carbonyl (C=O) groups excluding carboxylic acids is 1. The summed E-state index contributed by atoms with van der Waals surface area (Å²) in [5, 5.41) is 0. The van der Waals surface area contributed by atoms with Gasteiger partial charge in [0, 0.05) is 23.8 Å². The first kappa shape index (κ1) is 12.5. The van der Waals surface area contributed by atoms with E-state index in [1.54, 1.807) is 0 Å². The van der Waals surface area contributed by atoms with E-state index in [1.807, 2.05) is 24.3 Å². The molecule has 0 aromatic heterocycles. The van der Waals surface area contributed by atoms with E-state index in [1.165, 1.54) is 25.6 Å². The molecule has 3 rings (SSSR count). The van der Waals surface area contributed by atoms with Crippen LogP contribution in [0.1, 0.15) is 36.0 Å². The van der Waals surface area contributed by atoms with Crippen LogP contribution in [0.5, 0.6) is 0 Å². The fourth-order valence-corrected chi connectivity index (χ4v) is 3.53. The normalized spacial score (nSPS) is 29.4. The van der Waals surface area contributed by atoms with E-state index in [0.29, 0.717) is 23.7 Å². The molecule has 2 fully saturated rings. The van der Waals surface area contributed by atoms with Gasteiger partial charge in [-0.1, -0.05) is 0 Å². The van der Waals surface area contributed by atoms with Crippen LogP contribution in [0.15, 0.2) is 24.3 Å².